The van der Waals surface area contributed by atoms with E-state index in [1.165, 1.54) is 4.90 Å². The van der Waals surface area contributed by atoms with E-state index in [1.54, 1.807) is 21.0 Å². The number of ether oxygens (including phenoxy) is 4. The van der Waals surface area contributed by atoms with E-state index in [1.807, 2.05) is 30.3 Å². The number of nitrogens with zero attached hydrogens (tertiary/aromatic N) is 1. The van der Waals surface area contributed by atoms with Crippen LogP contribution in [0.15, 0.2) is 30.3 Å². The van der Waals surface area contributed by atoms with Gasteiger partial charge in [0.25, 0.3) is 0 Å². The van der Waals surface area contributed by atoms with Crippen molar-refractivity contribution in [1.29, 1.82) is 0 Å². The molecule has 1 N–H and O–H groups in total. The molecule has 0 spiro atoms. The summed E-state index contributed by atoms with van der Waals surface area (Å²) < 4.78 is 22.6. The van der Waals surface area contributed by atoms with Crippen LogP contribution in [0.3, 0.4) is 0 Å². The highest BCUT2D eigenvalue weighted by molar-refractivity contribution is 5.67. The van der Waals surface area contributed by atoms with Crippen molar-refractivity contribution in [3.05, 3.63) is 35.9 Å². The van der Waals surface area contributed by atoms with E-state index in [0.717, 1.165) is 5.56 Å². The molecule has 1 aromatic carbocycles. The average Bonchev–Trinajstić information content (AvgIpc) is 2.86. The molecule has 25 heavy (non-hydrogen) atoms. The highest BCUT2D eigenvalue weighted by atomic mass is 16.8. The van der Waals surface area contributed by atoms with Gasteiger partial charge in [0.15, 0.2) is 5.79 Å². The predicted octanol–water partition coefficient (Wildman–Crippen LogP) is 1.53. The molecule has 2 fully saturated rings. The lowest BCUT2D eigenvalue weighted by Crippen LogP contribution is -2.43. The highest BCUT2D eigenvalue weighted by Crippen LogP contribution is 2.34. The Hall–Kier alpha value is -1.67. The first-order chi connectivity index (χ1) is 11.9. The van der Waals surface area contributed by atoms with Crippen LogP contribution in [0.2, 0.25) is 0 Å². The fourth-order valence-corrected chi connectivity index (χ4v) is 3.30. The molecule has 138 valence electrons. The van der Waals surface area contributed by atoms with Gasteiger partial charge in [-0.15, -0.1) is 0 Å². The topological polar surface area (TPSA) is 77.5 Å². The Labute approximate surface area is 147 Å². The number of hydrogen-bond acceptors (Lipinski definition) is 6. The quantitative estimate of drug-likeness (QED) is 0.890. The summed E-state index contributed by atoms with van der Waals surface area (Å²) in [6, 6.07) is 9.45. The second-order valence-electron chi connectivity index (χ2n) is 6.85. The fourth-order valence-electron chi connectivity index (χ4n) is 3.30. The number of fused-ring (bicyclic) bond motifs is 1. The molecule has 0 aliphatic carbocycles. The molecule has 2 saturated heterocycles. The molecular weight excluding hydrogens is 326 g/mol. The SMILES string of the molecule is CO[C@H]1CN(C(=O)OCc2ccccc2)C[C@@H](O)[C@@H]2OC(C)(C)O[C@@H]21. The Morgan fingerprint density at radius 1 is 1.24 bits per heavy atom. The summed E-state index contributed by atoms with van der Waals surface area (Å²) in [4.78, 5) is 13.9. The third kappa shape index (κ3) is 4.12. The minimum Gasteiger partial charge on any atom is -0.445 e. The van der Waals surface area contributed by atoms with Crippen molar-refractivity contribution >= 4 is 6.09 Å². The molecule has 0 aromatic heterocycles. The second-order valence-corrected chi connectivity index (χ2v) is 6.85. The van der Waals surface area contributed by atoms with E-state index in [9.17, 15) is 9.90 Å². The number of aliphatic hydroxyl groups is 1. The zero-order valence-corrected chi connectivity index (χ0v) is 14.8. The van der Waals surface area contributed by atoms with E-state index in [4.69, 9.17) is 18.9 Å². The number of likely N-dealkylation sites (tertiary alicyclic amines) is 1. The van der Waals surface area contributed by atoms with Gasteiger partial charge < -0.3 is 29.0 Å². The minimum atomic E-state index is -0.879. The van der Waals surface area contributed by atoms with Crippen molar-refractivity contribution in [1.82, 2.24) is 4.90 Å². The minimum absolute atomic E-state index is 0.105. The molecule has 3 rings (SSSR count). The van der Waals surface area contributed by atoms with Crippen LogP contribution < -0.4 is 0 Å². The summed E-state index contributed by atoms with van der Waals surface area (Å²) in [6.07, 6.45) is -2.78. The van der Waals surface area contributed by atoms with Crippen LogP contribution in [0.25, 0.3) is 0 Å². The van der Waals surface area contributed by atoms with Crippen LogP contribution >= 0.6 is 0 Å². The van der Waals surface area contributed by atoms with Crippen molar-refractivity contribution in [3.63, 3.8) is 0 Å². The van der Waals surface area contributed by atoms with Crippen LogP contribution in [-0.4, -0.2) is 66.5 Å². The van der Waals surface area contributed by atoms with Crippen molar-refractivity contribution in [2.45, 2.75) is 50.7 Å². The third-order valence-electron chi connectivity index (χ3n) is 4.48. The molecule has 7 nitrogen and oxygen atoms in total. The number of benzene rings is 1. The fraction of sp³-hybridized carbons (Fsp3) is 0.611. The normalized spacial score (nSPS) is 31.3. The van der Waals surface area contributed by atoms with Crippen molar-refractivity contribution < 1.29 is 28.8 Å². The standard InChI is InChI=1S/C18H25NO6/c1-18(2)24-15-13(20)9-19(10-14(22-3)16(15)25-18)17(21)23-11-12-7-5-4-6-8-12/h4-8,13-16,20H,9-11H2,1-3H3/t13-,14+,15+,16-/m1/s1. The molecule has 4 atom stereocenters. The van der Waals surface area contributed by atoms with Gasteiger partial charge in [-0.3, -0.25) is 0 Å². The number of hydrogen-bond donors (Lipinski definition) is 1. The smallest absolute Gasteiger partial charge is 0.410 e. The largest absolute Gasteiger partial charge is 0.445 e. The van der Waals surface area contributed by atoms with Crippen LogP contribution in [0.5, 0.6) is 0 Å². The summed E-state index contributed by atoms with van der Waals surface area (Å²) in [5.74, 6) is -0.789. The van der Waals surface area contributed by atoms with Gasteiger partial charge in [0.2, 0.25) is 0 Å². The van der Waals surface area contributed by atoms with Crippen LogP contribution in [0.4, 0.5) is 4.79 Å². The number of rotatable bonds is 3. The maximum absolute atomic E-state index is 12.4. The van der Waals surface area contributed by atoms with Crippen LogP contribution in [0, 0.1) is 0 Å². The molecule has 2 heterocycles. The zero-order valence-electron chi connectivity index (χ0n) is 14.8. The molecule has 7 heteroatoms. The molecule has 1 amide bonds. The first-order valence-electron chi connectivity index (χ1n) is 8.42. The Kier molecular flexibility index (Phi) is 5.29. The summed E-state index contributed by atoms with van der Waals surface area (Å²) in [5.41, 5.74) is 0.903. The lowest BCUT2D eigenvalue weighted by atomic mass is 10.1. The van der Waals surface area contributed by atoms with Crippen molar-refractivity contribution in [2.24, 2.45) is 0 Å². The third-order valence-corrected chi connectivity index (χ3v) is 4.48. The Balaban J connectivity index is 1.66. The van der Waals surface area contributed by atoms with Crippen molar-refractivity contribution in [2.75, 3.05) is 20.2 Å². The summed E-state index contributed by atoms with van der Waals surface area (Å²) in [7, 11) is 1.56. The number of aliphatic hydroxyl groups excluding tert-OH is 1. The lowest BCUT2D eigenvalue weighted by molar-refractivity contribution is -0.166. The van der Waals surface area contributed by atoms with Gasteiger partial charge in [0, 0.05) is 7.11 Å². The summed E-state index contributed by atoms with van der Waals surface area (Å²) >= 11 is 0. The van der Waals surface area contributed by atoms with Crippen LogP contribution in [-0.2, 0) is 25.6 Å². The number of carbonyl (C=O) groups is 1. The molecule has 2 aliphatic rings. The summed E-state index contributed by atoms with van der Waals surface area (Å²) in [5, 5.41) is 10.5. The predicted molar refractivity (Wildman–Crippen MR) is 88.8 cm³/mol. The van der Waals surface area contributed by atoms with E-state index < -0.39 is 36.3 Å². The maximum atomic E-state index is 12.4. The number of β-amino-alcohol motifs (C(OH)–C–C–N with tert-alkyl or cyclic N) is 1. The Morgan fingerprint density at radius 2 is 1.92 bits per heavy atom. The molecule has 1 aromatic rings. The van der Waals surface area contributed by atoms with Gasteiger partial charge >= 0.3 is 6.09 Å². The van der Waals surface area contributed by atoms with Crippen molar-refractivity contribution in [3.8, 4) is 0 Å². The van der Waals surface area contributed by atoms with E-state index in [-0.39, 0.29) is 19.7 Å². The van der Waals surface area contributed by atoms with Gasteiger partial charge in [-0.2, -0.15) is 0 Å². The van der Waals surface area contributed by atoms with E-state index in [0.29, 0.717) is 0 Å². The molecule has 2 aliphatic heterocycles. The highest BCUT2D eigenvalue weighted by Gasteiger charge is 2.51. The van der Waals surface area contributed by atoms with Gasteiger partial charge in [-0.05, 0) is 19.4 Å². The molecule has 0 bridgehead atoms. The second kappa shape index (κ2) is 7.29. The molecule has 0 radical (unpaired) electrons. The number of amides is 1. The first kappa shape index (κ1) is 18.1. The number of methoxy groups -OCH3 is 1. The molecular formula is C18H25NO6. The number of carbonyl (C=O) groups excluding carboxylic acids is 1. The summed E-state index contributed by atoms with van der Waals surface area (Å²) in [6.45, 7) is 4.15. The van der Waals surface area contributed by atoms with Gasteiger partial charge in [-0.25, -0.2) is 4.79 Å². The van der Waals surface area contributed by atoms with E-state index >= 15 is 0 Å². The average molecular weight is 351 g/mol. The van der Waals surface area contributed by atoms with E-state index in [2.05, 4.69) is 0 Å². The monoisotopic (exact) mass is 351 g/mol. The Morgan fingerprint density at radius 3 is 2.60 bits per heavy atom. The molecule has 0 unspecified atom stereocenters. The lowest BCUT2D eigenvalue weighted by Gasteiger charge is -2.27. The van der Waals surface area contributed by atoms with Gasteiger partial charge in [0.05, 0.1) is 13.1 Å². The maximum Gasteiger partial charge on any atom is 0.410 e. The van der Waals surface area contributed by atoms with Crippen LogP contribution in [0.1, 0.15) is 19.4 Å². The molecule has 0 saturated carbocycles. The zero-order chi connectivity index (χ0) is 18.0. The first-order valence-corrected chi connectivity index (χ1v) is 8.42. The van der Waals surface area contributed by atoms with Gasteiger partial charge in [0.1, 0.15) is 31.0 Å². The Bertz CT molecular complexity index is 592. The van der Waals surface area contributed by atoms with Gasteiger partial charge in [-0.1, -0.05) is 30.3 Å².